The first-order valence-electron chi connectivity index (χ1n) is 17.1. The third-order valence-electron chi connectivity index (χ3n) is 9.27. The maximum Gasteiger partial charge on any atom is 0.171 e. The lowest BCUT2D eigenvalue weighted by Crippen LogP contribution is -2.31. The number of nitrogens with zero attached hydrogens (tertiary/aromatic N) is 2. The van der Waals surface area contributed by atoms with E-state index in [0.29, 0.717) is 43.2 Å². The van der Waals surface area contributed by atoms with Crippen molar-refractivity contribution in [3.63, 3.8) is 0 Å². The molecule has 8 rings (SSSR count). The molecule has 1 heterocycles. The van der Waals surface area contributed by atoms with Gasteiger partial charge < -0.3 is 9.13 Å². The highest BCUT2D eigenvalue weighted by atomic mass is 31.2. The van der Waals surface area contributed by atoms with Crippen molar-refractivity contribution in [2.75, 3.05) is 0 Å². The Balaban J connectivity index is 1.47. The molecule has 0 aliphatic rings. The SMILES string of the molecule is O=P(c1ccccc1)(c1ccccc1)c1ccc(-c2nc(-c3ccccc3)cc(-c3ccccc3)n2)c(P(=O)(c2ccccc2)c2ccccc2)c1. The summed E-state index contributed by atoms with van der Waals surface area (Å²) in [6.07, 6.45) is 0. The van der Waals surface area contributed by atoms with E-state index in [9.17, 15) is 0 Å². The van der Waals surface area contributed by atoms with Gasteiger partial charge >= 0.3 is 0 Å². The van der Waals surface area contributed by atoms with Crippen LogP contribution < -0.4 is 31.8 Å². The lowest BCUT2D eigenvalue weighted by molar-refractivity contribution is 0.592. The van der Waals surface area contributed by atoms with E-state index in [1.807, 2.05) is 206 Å². The summed E-state index contributed by atoms with van der Waals surface area (Å²) in [6, 6.07) is 66.0. The van der Waals surface area contributed by atoms with Crippen LogP contribution in [0.25, 0.3) is 33.9 Å². The molecule has 250 valence electrons. The van der Waals surface area contributed by atoms with Gasteiger partial charge in [0.1, 0.15) is 0 Å². The highest BCUT2D eigenvalue weighted by Gasteiger charge is 2.37. The molecule has 0 spiro atoms. The molecule has 0 radical (unpaired) electrons. The van der Waals surface area contributed by atoms with Crippen molar-refractivity contribution in [3.8, 4) is 33.9 Å². The molecular formula is C46H34N2O2P2. The van der Waals surface area contributed by atoms with Crippen LogP contribution in [0.2, 0.25) is 0 Å². The highest BCUT2D eigenvalue weighted by Crippen LogP contribution is 2.48. The molecule has 0 amide bonds. The lowest BCUT2D eigenvalue weighted by Gasteiger charge is -2.26. The Hall–Kier alpha value is -5.92. The van der Waals surface area contributed by atoms with E-state index in [1.54, 1.807) is 0 Å². The first-order chi connectivity index (χ1) is 25.5. The van der Waals surface area contributed by atoms with E-state index in [1.165, 1.54) is 0 Å². The molecule has 7 aromatic carbocycles. The van der Waals surface area contributed by atoms with E-state index in [0.717, 1.165) is 22.5 Å². The largest absolute Gasteiger partial charge is 0.309 e. The van der Waals surface area contributed by atoms with Crippen LogP contribution in [0.1, 0.15) is 0 Å². The molecular weight excluding hydrogens is 674 g/mol. The Labute approximate surface area is 304 Å². The van der Waals surface area contributed by atoms with Crippen molar-refractivity contribution in [2.24, 2.45) is 0 Å². The summed E-state index contributed by atoms with van der Waals surface area (Å²) < 4.78 is 32.1. The Morgan fingerprint density at radius 2 is 0.673 bits per heavy atom. The molecule has 6 heteroatoms. The van der Waals surface area contributed by atoms with Crippen LogP contribution in [0, 0.1) is 0 Å². The summed E-state index contributed by atoms with van der Waals surface area (Å²) in [7, 11) is -7.08. The van der Waals surface area contributed by atoms with Gasteiger partial charge in [-0.3, -0.25) is 0 Å². The van der Waals surface area contributed by atoms with Crippen LogP contribution in [-0.4, -0.2) is 9.97 Å². The fraction of sp³-hybridized carbons (Fsp3) is 0. The third-order valence-corrected chi connectivity index (χ3v) is 15.4. The minimum Gasteiger partial charge on any atom is -0.309 e. The van der Waals surface area contributed by atoms with Gasteiger partial charge in [0.05, 0.1) is 11.4 Å². The van der Waals surface area contributed by atoms with Gasteiger partial charge in [0, 0.05) is 48.5 Å². The Morgan fingerprint density at radius 3 is 1.06 bits per heavy atom. The number of hydrogen-bond acceptors (Lipinski definition) is 4. The van der Waals surface area contributed by atoms with E-state index in [2.05, 4.69) is 0 Å². The average Bonchev–Trinajstić information content (AvgIpc) is 3.24. The van der Waals surface area contributed by atoms with E-state index in [-0.39, 0.29) is 0 Å². The van der Waals surface area contributed by atoms with Crippen molar-refractivity contribution in [2.45, 2.75) is 0 Å². The van der Waals surface area contributed by atoms with E-state index < -0.39 is 14.3 Å². The molecule has 0 N–H and O–H groups in total. The van der Waals surface area contributed by atoms with Crippen molar-refractivity contribution in [3.05, 3.63) is 206 Å². The van der Waals surface area contributed by atoms with Crippen LogP contribution in [0.4, 0.5) is 0 Å². The van der Waals surface area contributed by atoms with Gasteiger partial charge in [0.15, 0.2) is 20.1 Å². The monoisotopic (exact) mass is 708 g/mol. The Bertz CT molecular complexity index is 2400. The molecule has 0 saturated carbocycles. The molecule has 0 atom stereocenters. The molecule has 0 unspecified atom stereocenters. The van der Waals surface area contributed by atoms with Crippen LogP contribution in [-0.2, 0) is 9.13 Å². The second kappa shape index (κ2) is 14.4. The van der Waals surface area contributed by atoms with Gasteiger partial charge in [-0.1, -0.05) is 188 Å². The maximum absolute atomic E-state index is 16.3. The number of aromatic nitrogens is 2. The van der Waals surface area contributed by atoms with Crippen LogP contribution in [0.15, 0.2) is 206 Å². The summed E-state index contributed by atoms with van der Waals surface area (Å²) in [4.78, 5) is 10.3. The van der Waals surface area contributed by atoms with Gasteiger partial charge in [-0.15, -0.1) is 0 Å². The first-order valence-corrected chi connectivity index (χ1v) is 20.5. The summed E-state index contributed by atoms with van der Waals surface area (Å²) in [5.41, 5.74) is 3.98. The standard InChI is InChI=1S/C46H34N2O2P2/c49-51(37-23-11-3-12-24-37,38-25-13-4-14-26-38)41-31-32-42(45(33-41)52(50,39-27-15-5-16-28-39)40-29-17-6-18-30-40)46-47-43(35-19-7-1-8-20-35)34-44(48-46)36-21-9-2-10-22-36/h1-34H. The second-order valence-corrected chi connectivity index (χ2v) is 18.0. The molecule has 0 aliphatic carbocycles. The predicted octanol–water partition coefficient (Wildman–Crippen LogP) is 8.76. The average molecular weight is 709 g/mol. The van der Waals surface area contributed by atoms with E-state index in [4.69, 9.17) is 9.97 Å². The van der Waals surface area contributed by atoms with Gasteiger partial charge in [-0.25, -0.2) is 9.97 Å². The van der Waals surface area contributed by atoms with Gasteiger partial charge in [0.2, 0.25) is 0 Å². The first kappa shape index (κ1) is 33.2. The highest BCUT2D eigenvalue weighted by molar-refractivity contribution is 7.86. The van der Waals surface area contributed by atoms with Crippen molar-refractivity contribution < 1.29 is 9.13 Å². The van der Waals surface area contributed by atoms with Crippen molar-refractivity contribution in [1.29, 1.82) is 0 Å². The maximum atomic E-state index is 16.3. The molecule has 4 nitrogen and oxygen atoms in total. The molecule has 0 saturated heterocycles. The summed E-state index contributed by atoms with van der Waals surface area (Å²) >= 11 is 0. The molecule has 1 aromatic heterocycles. The van der Waals surface area contributed by atoms with E-state index >= 15 is 9.13 Å². The van der Waals surface area contributed by atoms with Gasteiger partial charge in [-0.2, -0.15) is 0 Å². The zero-order valence-electron chi connectivity index (χ0n) is 28.2. The zero-order chi connectivity index (χ0) is 35.4. The number of hydrogen-bond donors (Lipinski definition) is 0. The fourth-order valence-electron chi connectivity index (χ4n) is 6.67. The minimum atomic E-state index is -3.63. The number of rotatable bonds is 9. The van der Waals surface area contributed by atoms with Crippen LogP contribution in [0.3, 0.4) is 0 Å². The van der Waals surface area contributed by atoms with Crippen LogP contribution >= 0.6 is 14.3 Å². The van der Waals surface area contributed by atoms with Crippen molar-refractivity contribution >= 4 is 46.1 Å². The molecule has 0 bridgehead atoms. The Kier molecular flexibility index (Phi) is 9.18. The quantitative estimate of drug-likeness (QED) is 0.141. The van der Waals surface area contributed by atoms with Gasteiger partial charge in [0.25, 0.3) is 0 Å². The molecule has 8 aromatic rings. The minimum absolute atomic E-state index is 0.433. The van der Waals surface area contributed by atoms with Crippen LogP contribution in [0.5, 0.6) is 0 Å². The normalized spacial score (nSPS) is 11.6. The zero-order valence-corrected chi connectivity index (χ0v) is 30.0. The summed E-state index contributed by atoms with van der Waals surface area (Å²) in [5.74, 6) is 0.433. The topological polar surface area (TPSA) is 59.9 Å². The van der Waals surface area contributed by atoms with Gasteiger partial charge in [-0.05, 0) is 18.2 Å². The molecule has 0 aliphatic heterocycles. The van der Waals surface area contributed by atoms with Crippen molar-refractivity contribution in [1.82, 2.24) is 9.97 Å². The fourth-order valence-corrected chi connectivity index (χ4v) is 12.3. The lowest BCUT2D eigenvalue weighted by atomic mass is 10.1. The number of benzene rings is 7. The Morgan fingerprint density at radius 1 is 0.327 bits per heavy atom. The summed E-state index contributed by atoms with van der Waals surface area (Å²) in [5, 5.41) is 3.83. The predicted molar refractivity (Wildman–Crippen MR) is 217 cm³/mol. The third kappa shape index (κ3) is 6.18. The smallest absolute Gasteiger partial charge is 0.171 e. The molecule has 52 heavy (non-hydrogen) atoms. The summed E-state index contributed by atoms with van der Waals surface area (Å²) in [6.45, 7) is 0. The second-order valence-electron chi connectivity index (χ2n) is 12.5. The molecule has 0 fully saturated rings.